The third-order valence-corrected chi connectivity index (χ3v) is 5.45. The van der Waals surface area contributed by atoms with Crippen LogP contribution in [0.4, 0.5) is 0 Å². The molecule has 0 bridgehead atoms. The van der Waals surface area contributed by atoms with Gasteiger partial charge in [0.15, 0.2) is 0 Å². The number of likely N-dealkylation sites (tertiary alicyclic amines) is 1. The molecule has 1 aromatic carbocycles. The highest BCUT2D eigenvalue weighted by atomic mass is 16.6. The summed E-state index contributed by atoms with van der Waals surface area (Å²) in [5.74, 6) is 1.65. The zero-order valence-corrected chi connectivity index (χ0v) is 15.3. The molecule has 3 heterocycles. The van der Waals surface area contributed by atoms with Crippen molar-refractivity contribution in [2.24, 2.45) is 0 Å². The SMILES string of the molecule is COc1ccccc1CN1CCC2(CC1)C[C@H](Oc1ccccn1)CO2. The number of piperidine rings is 1. The maximum absolute atomic E-state index is 6.21. The van der Waals surface area contributed by atoms with E-state index in [9.17, 15) is 0 Å². The summed E-state index contributed by atoms with van der Waals surface area (Å²) in [5.41, 5.74) is 1.21. The first-order chi connectivity index (χ1) is 12.8. The molecule has 2 fully saturated rings. The lowest BCUT2D eigenvalue weighted by Gasteiger charge is -2.38. The van der Waals surface area contributed by atoms with Crippen LogP contribution in [0, 0.1) is 0 Å². The van der Waals surface area contributed by atoms with Gasteiger partial charge in [0.25, 0.3) is 0 Å². The maximum atomic E-state index is 6.21. The van der Waals surface area contributed by atoms with Gasteiger partial charge in [0.2, 0.25) is 5.88 Å². The topological polar surface area (TPSA) is 43.8 Å². The van der Waals surface area contributed by atoms with Crippen molar-refractivity contribution < 1.29 is 14.2 Å². The van der Waals surface area contributed by atoms with E-state index in [1.807, 2.05) is 30.3 Å². The van der Waals surface area contributed by atoms with Crippen molar-refractivity contribution in [2.45, 2.75) is 37.5 Å². The maximum Gasteiger partial charge on any atom is 0.213 e. The molecule has 1 aromatic heterocycles. The average molecular weight is 354 g/mol. The molecule has 26 heavy (non-hydrogen) atoms. The van der Waals surface area contributed by atoms with Crippen LogP contribution in [0.2, 0.25) is 0 Å². The van der Waals surface area contributed by atoms with Crippen LogP contribution in [0.3, 0.4) is 0 Å². The quantitative estimate of drug-likeness (QED) is 0.824. The Morgan fingerprint density at radius 1 is 1.15 bits per heavy atom. The highest BCUT2D eigenvalue weighted by molar-refractivity contribution is 5.33. The lowest BCUT2D eigenvalue weighted by Crippen LogP contribution is -2.44. The molecule has 5 nitrogen and oxygen atoms in total. The zero-order valence-electron chi connectivity index (χ0n) is 15.3. The number of benzene rings is 1. The summed E-state index contributed by atoms with van der Waals surface area (Å²) < 4.78 is 17.7. The highest BCUT2D eigenvalue weighted by Gasteiger charge is 2.43. The number of rotatable bonds is 5. The van der Waals surface area contributed by atoms with Crippen molar-refractivity contribution in [1.82, 2.24) is 9.88 Å². The number of hydrogen-bond acceptors (Lipinski definition) is 5. The van der Waals surface area contributed by atoms with E-state index < -0.39 is 0 Å². The van der Waals surface area contributed by atoms with Gasteiger partial charge < -0.3 is 14.2 Å². The molecule has 2 aliphatic rings. The van der Waals surface area contributed by atoms with Gasteiger partial charge in [-0.15, -0.1) is 0 Å². The Morgan fingerprint density at radius 3 is 2.73 bits per heavy atom. The number of aromatic nitrogens is 1. The Morgan fingerprint density at radius 2 is 1.96 bits per heavy atom. The van der Waals surface area contributed by atoms with Gasteiger partial charge in [-0.25, -0.2) is 4.98 Å². The molecule has 2 saturated heterocycles. The second-order valence-corrected chi connectivity index (χ2v) is 7.19. The fraction of sp³-hybridized carbons (Fsp3) is 0.476. The van der Waals surface area contributed by atoms with Crippen LogP contribution in [0.25, 0.3) is 0 Å². The van der Waals surface area contributed by atoms with Crippen molar-refractivity contribution in [1.29, 1.82) is 0 Å². The monoisotopic (exact) mass is 354 g/mol. The van der Waals surface area contributed by atoms with E-state index in [1.165, 1.54) is 5.56 Å². The second-order valence-electron chi connectivity index (χ2n) is 7.19. The molecule has 2 aromatic rings. The first kappa shape index (κ1) is 17.3. The van der Waals surface area contributed by atoms with E-state index >= 15 is 0 Å². The molecule has 0 aliphatic carbocycles. The van der Waals surface area contributed by atoms with E-state index in [1.54, 1.807) is 13.3 Å². The van der Waals surface area contributed by atoms with Crippen molar-refractivity contribution in [2.75, 3.05) is 26.8 Å². The minimum atomic E-state index is -0.0310. The van der Waals surface area contributed by atoms with Crippen LogP contribution in [0.15, 0.2) is 48.7 Å². The van der Waals surface area contributed by atoms with Crippen LogP contribution in [-0.2, 0) is 11.3 Å². The molecule has 2 aliphatic heterocycles. The fourth-order valence-corrected chi connectivity index (χ4v) is 4.01. The highest BCUT2D eigenvalue weighted by Crippen LogP contribution is 2.37. The Hall–Kier alpha value is -2.11. The van der Waals surface area contributed by atoms with Crippen molar-refractivity contribution >= 4 is 0 Å². The molecular weight excluding hydrogens is 328 g/mol. The fourth-order valence-electron chi connectivity index (χ4n) is 4.01. The number of ether oxygens (including phenoxy) is 3. The van der Waals surface area contributed by atoms with Crippen LogP contribution in [0.5, 0.6) is 11.6 Å². The molecule has 1 spiro atoms. The molecule has 0 radical (unpaired) electrons. The molecule has 1 atom stereocenters. The molecule has 4 rings (SSSR count). The first-order valence-electron chi connectivity index (χ1n) is 9.32. The number of pyridine rings is 1. The van der Waals surface area contributed by atoms with Crippen LogP contribution < -0.4 is 9.47 Å². The summed E-state index contributed by atoms with van der Waals surface area (Å²) in [6.45, 7) is 3.65. The summed E-state index contributed by atoms with van der Waals surface area (Å²) in [6.07, 6.45) is 4.91. The largest absolute Gasteiger partial charge is 0.496 e. The zero-order chi connectivity index (χ0) is 17.8. The van der Waals surface area contributed by atoms with Crippen molar-refractivity contribution in [3.8, 4) is 11.6 Å². The van der Waals surface area contributed by atoms with Crippen molar-refractivity contribution in [3.63, 3.8) is 0 Å². The normalized spacial score (nSPS) is 22.4. The molecular formula is C21H26N2O3. The Bertz CT molecular complexity index is 714. The molecule has 0 amide bonds. The summed E-state index contributed by atoms with van der Waals surface area (Å²) >= 11 is 0. The van der Waals surface area contributed by atoms with E-state index in [0.29, 0.717) is 12.5 Å². The average Bonchev–Trinajstić information content (AvgIpc) is 3.07. The molecule has 0 unspecified atom stereocenters. The Balaban J connectivity index is 1.31. The third-order valence-electron chi connectivity index (χ3n) is 5.45. The number of methoxy groups -OCH3 is 1. The van der Waals surface area contributed by atoms with Gasteiger partial charge in [-0.3, -0.25) is 4.90 Å². The van der Waals surface area contributed by atoms with Gasteiger partial charge in [-0.1, -0.05) is 24.3 Å². The van der Waals surface area contributed by atoms with Crippen LogP contribution in [-0.4, -0.2) is 48.4 Å². The third kappa shape index (κ3) is 3.84. The predicted octanol–water partition coefficient (Wildman–Crippen LogP) is 3.29. The minimum absolute atomic E-state index is 0.0310. The van der Waals surface area contributed by atoms with Crippen LogP contribution >= 0.6 is 0 Å². The smallest absolute Gasteiger partial charge is 0.213 e. The lowest BCUT2D eigenvalue weighted by molar-refractivity contribution is -0.0455. The summed E-state index contributed by atoms with van der Waals surface area (Å²) in [5, 5.41) is 0. The summed E-state index contributed by atoms with van der Waals surface area (Å²) in [6, 6.07) is 14.0. The number of para-hydroxylation sites is 1. The molecule has 138 valence electrons. The molecule has 0 saturated carbocycles. The van der Waals surface area contributed by atoms with Gasteiger partial charge in [0.1, 0.15) is 11.9 Å². The molecule has 0 N–H and O–H groups in total. The number of nitrogens with zero attached hydrogens (tertiary/aromatic N) is 2. The Labute approximate surface area is 154 Å². The predicted molar refractivity (Wildman–Crippen MR) is 99.5 cm³/mol. The second kappa shape index (κ2) is 7.64. The van der Waals surface area contributed by atoms with Gasteiger partial charge in [0.05, 0.1) is 19.3 Å². The van der Waals surface area contributed by atoms with E-state index in [4.69, 9.17) is 14.2 Å². The van der Waals surface area contributed by atoms with Gasteiger partial charge in [0, 0.05) is 43.9 Å². The van der Waals surface area contributed by atoms with Gasteiger partial charge in [-0.2, -0.15) is 0 Å². The van der Waals surface area contributed by atoms with Crippen LogP contribution in [0.1, 0.15) is 24.8 Å². The summed E-state index contributed by atoms with van der Waals surface area (Å²) in [7, 11) is 1.73. The van der Waals surface area contributed by atoms with Gasteiger partial charge >= 0.3 is 0 Å². The standard InChI is InChI=1S/C21H26N2O3/c1-24-19-7-3-2-6-17(19)15-23-12-9-21(10-13-23)14-18(16-25-21)26-20-8-4-5-11-22-20/h2-8,11,18H,9-10,12-16H2,1H3/t18-/m0/s1. The summed E-state index contributed by atoms with van der Waals surface area (Å²) in [4.78, 5) is 6.74. The first-order valence-corrected chi connectivity index (χ1v) is 9.32. The number of hydrogen-bond donors (Lipinski definition) is 0. The van der Waals surface area contributed by atoms with E-state index in [2.05, 4.69) is 22.0 Å². The minimum Gasteiger partial charge on any atom is -0.496 e. The van der Waals surface area contributed by atoms with Crippen molar-refractivity contribution in [3.05, 3.63) is 54.2 Å². The van der Waals surface area contributed by atoms with E-state index in [-0.39, 0.29) is 11.7 Å². The Kier molecular flexibility index (Phi) is 5.09. The van der Waals surface area contributed by atoms with E-state index in [0.717, 1.165) is 44.6 Å². The molecule has 5 heteroatoms. The van der Waals surface area contributed by atoms with Gasteiger partial charge in [-0.05, 0) is 25.0 Å². The lowest BCUT2D eigenvalue weighted by atomic mass is 9.88.